The van der Waals surface area contributed by atoms with Gasteiger partial charge in [0.2, 0.25) is 0 Å². The third-order valence-electron chi connectivity index (χ3n) is 15.8. The summed E-state index contributed by atoms with van der Waals surface area (Å²) in [5.41, 5.74) is 24.4. The number of benzene rings is 9. The zero-order valence-corrected chi connectivity index (χ0v) is 43.5. The van der Waals surface area contributed by atoms with Crippen molar-refractivity contribution in [2.75, 3.05) is 14.6 Å². The highest BCUT2D eigenvalue weighted by molar-refractivity contribution is 6.93. The van der Waals surface area contributed by atoms with Gasteiger partial charge in [-0.3, -0.25) is 0 Å². The van der Waals surface area contributed by atoms with Gasteiger partial charge in [-0.1, -0.05) is 202 Å². The number of aryl methyl sites for hydroxylation is 1. The van der Waals surface area contributed by atoms with Crippen LogP contribution in [0, 0.1) is 6.92 Å². The Balaban J connectivity index is 1.14. The average molecular weight is 934 g/mol. The molecule has 0 radical (unpaired) electrons. The minimum absolute atomic E-state index is 0.0135. The molecule has 0 amide bonds. The Hall–Kier alpha value is -7.56. The summed E-state index contributed by atoms with van der Waals surface area (Å²) < 4.78 is 0. The van der Waals surface area contributed by atoms with Gasteiger partial charge in [-0.25, -0.2) is 0 Å². The lowest BCUT2D eigenvalue weighted by Crippen LogP contribution is -2.62. The predicted molar refractivity (Wildman–Crippen MR) is 308 cm³/mol. The highest BCUT2D eigenvalue weighted by Crippen LogP contribution is 2.59. The van der Waals surface area contributed by atoms with Crippen LogP contribution in [0.5, 0.6) is 0 Å². The lowest BCUT2D eigenvalue weighted by atomic mass is 9.42. The summed E-state index contributed by atoms with van der Waals surface area (Å²) >= 11 is 0. The maximum atomic E-state index is 2.66. The minimum atomic E-state index is -0.578. The van der Waals surface area contributed by atoms with E-state index in [1.54, 1.807) is 0 Å². The number of nitrogens with zero attached hydrogens (tertiary/aromatic N) is 3. The van der Waals surface area contributed by atoms with E-state index in [-0.39, 0.29) is 23.1 Å². The predicted octanol–water partition coefficient (Wildman–Crippen LogP) is 16.8. The van der Waals surface area contributed by atoms with E-state index in [0.717, 1.165) is 17.1 Å². The van der Waals surface area contributed by atoms with E-state index in [2.05, 4.69) is 290 Å². The molecular formula is C68H64BN3. The van der Waals surface area contributed by atoms with Crippen LogP contribution in [0.3, 0.4) is 0 Å². The van der Waals surface area contributed by atoms with Crippen LogP contribution in [0.2, 0.25) is 0 Å². The molecule has 0 unspecified atom stereocenters. The molecule has 0 saturated heterocycles. The number of fused-ring (bicyclic) bond motifs is 6. The van der Waals surface area contributed by atoms with Crippen LogP contribution in [0.15, 0.2) is 206 Å². The fourth-order valence-electron chi connectivity index (χ4n) is 12.2. The van der Waals surface area contributed by atoms with Crippen LogP contribution in [0.1, 0.15) is 107 Å². The van der Waals surface area contributed by atoms with Crippen molar-refractivity contribution >= 4 is 63.3 Å². The summed E-state index contributed by atoms with van der Waals surface area (Å²) in [6.45, 7) is 22.8. The smallest absolute Gasteiger partial charge is 0.333 e. The van der Waals surface area contributed by atoms with Gasteiger partial charge in [0.15, 0.2) is 0 Å². The van der Waals surface area contributed by atoms with Gasteiger partial charge in [0, 0.05) is 45.4 Å². The molecule has 0 saturated carbocycles. The molecule has 0 aliphatic carbocycles. The largest absolute Gasteiger partial charge is 0.376 e. The third kappa shape index (κ3) is 7.08. The van der Waals surface area contributed by atoms with E-state index in [1.165, 1.54) is 95.0 Å². The van der Waals surface area contributed by atoms with E-state index < -0.39 is 5.41 Å². The summed E-state index contributed by atoms with van der Waals surface area (Å²) in [7, 11) is 0. The molecule has 3 aliphatic rings. The molecule has 3 nitrogen and oxygen atoms in total. The van der Waals surface area contributed by atoms with Gasteiger partial charge >= 0.3 is 6.85 Å². The first-order valence-corrected chi connectivity index (χ1v) is 25.9. The van der Waals surface area contributed by atoms with E-state index in [4.69, 9.17) is 0 Å². The standard InChI is InChI=1S/C68H64BN3/c1-45-42-56-55-44-54(70(51-34-28-46(29-35-51)65(2,3)4)52-36-30-47(31-37-52)66(5,6)7)40-41-60(55)72(53-38-32-48(33-39-53)67(8,9)10)69-59-26-19-25-58-64(59)71(62(43-45)63(56)69)61-27-18-17-24-57(61)68(58,49-20-13-11-14-21-49)50-22-15-12-16-23-50/h11-44H,1-10H3. The first-order chi connectivity index (χ1) is 34.5. The molecule has 0 spiro atoms. The second kappa shape index (κ2) is 16.5. The Bertz CT molecular complexity index is 3420. The molecule has 0 bridgehead atoms. The maximum absolute atomic E-state index is 2.66. The topological polar surface area (TPSA) is 9.72 Å². The van der Waals surface area contributed by atoms with E-state index in [0.29, 0.717) is 0 Å². The van der Waals surface area contributed by atoms with Gasteiger partial charge in [-0.05, 0) is 151 Å². The van der Waals surface area contributed by atoms with E-state index >= 15 is 0 Å². The SMILES string of the molecule is Cc1cc2c3c(c1)N1c4ccccc4C(c4ccccc4)(c4ccccc4)c4cccc(c41)B3N(c1ccc(C(C)(C)C)cc1)c1ccc(N(c3ccc(C(C)(C)C)cc3)c3ccc(C(C)(C)C)cc3)cc1-2. The Morgan fingerprint density at radius 2 is 0.917 bits per heavy atom. The zero-order valence-electron chi connectivity index (χ0n) is 43.5. The molecular weight excluding hydrogens is 870 g/mol. The van der Waals surface area contributed by atoms with Gasteiger partial charge in [-0.2, -0.15) is 0 Å². The van der Waals surface area contributed by atoms with Gasteiger partial charge in [0.25, 0.3) is 0 Å². The average Bonchev–Trinajstić information content (AvgIpc) is 3.37. The molecule has 0 atom stereocenters. The van der Waals surface area contributed by atoms with Crippen molar-refractivity contribution < 1.29 is 0 Å². The summed E-state index contributed by atoms with van der Waals surface area (Å²) in [6, 6.07) is 78.8. The number of para-hydroxylation sites is 2. The normalized spacial score (nSPS) is 14.3. The molecule has 9 aromatic rings. The second-order valence-corrected chi connectivity index (χ2v) is 23.5. The monoisotopic (exact) mass is 934 g/mol. The Morgan fingerprint density at radius 1 is 0.417 bits per heavy atom. The highest BCUT2D eigenvalue weighted by atomic mass is 15.2. The quantitative estimate of drug-likeness (QED) is 0.154. The molecule has 3 aliphatic heterocycles. The van der Waals surface area contributed by atoms with Crippen LogP contribution in [-0.4, -0.2) is 6.85 Å². The van der Waals surface area contributed by atoms with Crippen LogP contribution < -0.4 is 25.5 Å². The lowest BCUT2D eigenvalue weighted by molar-refractivity contribution is 0.590. The molecule has 3 heterocycles. The van der Waals surface area contributed by atoms with Crippen molar-refractivity contribution in [1.82, 2.24) is 0 Å². The minimum Gasteiger partial charge on any atom is -0.376 e. The second-order valence-electron chi connectivity index (χ2n) is 23.5. The van der Waals surface area contributed by atoms with Gasteiger partial charge in [0.05, 0.1) is 11.1 Å². The molecule has 9 aromatic carbocycles. The molecule has 12 rings (SSSR count). The Labute approximate surface area is 428 Å². The molecule has 4 heteroatoms. The molecule has 0 N–H and O–H groups in total. The highest BCUT2D eigenvalue weighted by Gasteiger charge is 2.53. The Morgan fingerprint density at radius 3 is 1.47 bits per heavy atom. The maximum Gasteiger partial charge on any atom is 0.333 e. The first-order valence-electron chi connectivity index (χ1n) is 25.9. The Kier molecular flexibility index (Phi) is 10.4. The van der Waals surface area contributed by atoms with Crippen molar-refractivity contribution in [2.24, 2.45) is 0 Å². The van der Waals surface area contributed by atoms with Crippen molar-refractivity contribution in [3.05, 3.63) is 251 Å². The third-order valence-corrected chi connectivity index (χ3v) is 15.8. The number of hydrogen-bond donors (Lipinski definition) is 0. The summed E-state index contributed by atoms with van der Waals surface area (Å²) in [5, 5.41) is 0. The first kappa shape index (κ1) is 45.6. The number of hydrogen-bond acceptors (Lipinski definition) is 3. The molecule has 0 aromatic heterocycles. The van der Waals surface area contributed by atoms with Crippen molar-refractivity contribution in [3.63, 3.8) is 0 Å². The fourth-order valence-corrected chi connectivity index (χ4v) is 12.2. The molecule has 354 valence electrons. The van der Waals surface area contributed by atoms with Crippen molar-refractivity contribution in [1.29, 1.82) is 0 Å². The zero-order chi connectivity index (χ0) is 49.9. The van der Waals surface area contributed by atoms with E-state index in [1.807, 2.05) is 0 Å². The summed E-state index contributed by atoms with van der Waals surface area (Å²) in [4.78, 5) is 7.74. The van der Waals surface area contributed by atoms with Crippen LogP contribution in [0.25, 0.3) is 11.1 Å². The van der Waals surface area contributed by atoms with Crippen LogP contribution in [-0.2, 0) is 21.7 Å². The van der Waals surface area contributed by atoms with Gasteiger partial charge < -0.3 is 14.6 Å². The lowest BCUT2D eigenvalue weighted by Gasteiger charge is -2.52. The molecule has 0 fully saturated rings. The van der Waals surface area contributed by atoms with Crippen molar-refractivity contribution in [3.8, 4) is 11.1 Å². The van der Waals surface area contributed by atoms with Crippen LogP contribution >= 0.6 is 0 Å². The van der Waals surface area contributed by atoms with Crippen molar-refractivity contribution in [2.45, 2.75) is 90.9 Å². The van der Waals surface area contributed by atoms with E-state index in [9.17, 15) is 0 Å². The summed E-state index contributed by atoms with van der Waals surface area (Å²) in [5.74, 6) is 0. The van der Waals surface area contributed by atoms with Gasteiger partial charge in [0.1, 0.15) is 0 Å². The number of rotatable bonds is 6. The molecule has 72 heavy (non-hydrogen) atoms. The van der Waals surface area contributed by atoms with Crippen LogP contribution in [0.4, 0.5) is 45.5 Å². The van der Waals surface area contributed by atoms with Gasteiger partial charge in [-0.15, -0.1) is 0 Å². The fraction of sp³-hybridized carbons (Fsp3) is 0.206. The number of anilines is 8. The summed E-state index contributed by atoms with van der Waals surface area (Å²) in [6.07, 6.45) is 0.